The van der Waals surface area contributed by atoms with Gasteiger partial charge in [0.05, 0.1) is 23.0 Å². The highest BCUT2D eigenvalue weighted by Gasteiger charge is 2.53. The second-order valence-corrected chi connectivity index (χ2v) is 15.3. The molecule has 0 aliphatic heterocycles. The van der Waals surface area contributed by atoms with Crippen LogP contribution in [0.3, 0.4) is 0 Å². The fourth-order valence-corrected chi connectivity index (χ4v) is 9.94. The van der Waals surface area contributed by atoms with Crippen LogP contribution in [0.5, 0.6) is 11.5 Å². The topological polar surface area (TPSA) is 61.8 Å². The molecule has 0 bridgehead atoms. The molecule has 0 spiro atoms. The maximum Gasteiger partial charge on any atom is 0.524 e. The third-order valence-corrected chi connectivity index (χ3v) is 12.3. The molecule has 250 valence electrons. The second kappa shape index (κ2) is 18.5. The molecule has 0 amide bonds. The molecule has 0 saturated carbocycles. The maximum absolute atomic E-state index is 14.1. The number of hydrogen-bond donors (Lipinski definition) is 0. The minimum Gasteiger partial charge on any atom is -0.492 e. The van der Waals surface area contributed by atoms with Crippen molar-refractivity contribution in [3.8, 4) is 11.5 Å². The minimum atomic E-state index is -6.08. The van der Waals surface area contributed by atoms with Crippen LogP contribution in [-0.2, 0) is 13.7 Å². The summed E-state index contributed by atoms with van der Waals surface area (Å²) in [5.41, 5.74) is -5.65. The summed E-state index contributed by atoms with van der Waals surface area (Å²) < 4.78 is 86.2. The van der Waals surface area contributed by atoms with E-state index in [9.17, 15) is 21.6 Å². The van der Waals surface area contributed by atoms with E-state index in [0.29, 0.717) is 13.2 Å². The Bertz CT molecular complexity index is 1320. The smallest absolute Gasteiger partial charge is 0.492 e. The number of hydrogen-bond acceptors (Lipinski definition) is 5. The lowest BCUT2D eigenvalue weighted by Gasteiger charge is -2.40. The molecule has 0 unspecified atom stereocenters. The lowest BCUT2D eigenvalue weighted by atomic mass is 10.1. The zero-order chi connectivity index (χ0) is 32.6. The average Bonchev–Trinajstić information content (AvgIpc) is 3.03. The molecule has 0 N–H and O–H groups in total. The van der Waals surface area contributed by atoms with Crippen LogP contribution in [0.15, 0.2) is 93.5 Å². The second-order valence-electron chi connectivity index (χ2n) is 11.0. The van der Waals surface area contributed by atoms with Crippen LogP contribution < -0.4 is 9.47 Å². The van der Waals surface area contributed by atoms with Crippen LogP contribution in [0, 0.1) is 0 Å². The summed E-state index contributed by atoms with van der Waals surface area (Å²) in [7, 11) is -9.69. The van der Waals surface area contributed by atoms with Crippen molar-refractivity contribution in [2.75, 3.05) is 13.2 Å². The van der Waals surface area contributed by atoms with Crippen LogP contribution in [-0.4, -0.2) is 27.1 Å². The van der Waals surface area contributed by atoms with Gasteiger partial charge < -0.3 is 9.47 Å². The predicted molar refractivity (Wildman–Crippen MR) is 176 cm³/mol. The van der Waals surface area contributed by atoms with Crippen molar-refractivity contribution < 1.29 is 34.7 Å². The quantitative estimate of drug-likeness (QED) is 0.0835. The first kappa shape index (κ1) is 36.8. The van der Waals surface area contributed by atoms with E-state index in [4.69, 9.17) is 13.1 Å². The Morgan fingerprint density at radius 3 is 1.40 bits per heavy atom. The fraction of sp³-hybridized carbons (Fsp3) is 0.486. The summed E-state index contributed by atoms with van der Waals surface area (Å²) >= 11 is 0. The van der Waals surface area contributed by atoms with E-state index in [0.717, 1.165) is 77.0 Å². The number of halogens is 3. The Hall–Kier alpha value is -2.69. The number of benzene rings is 3. The highest BCUT2D eigenvalue weighted by Crippen LogP contribution is 2.74. The molecule has 10 heteroatoms. The van der Waals surface area contributed by atoms with E-state index in [1.807, 2.05) is 0 Å². The highest BCUT2D eigenvalue weighted by molar-refractivity contribution is 8.33. The van der Waals surface area contributed by atoms with Gasteiger partial charge in [-0.1, -0.05) is 121 Å². The molecule has 3 aromatic carbocycles. The van der Waals surface area contributed by atoms with Gasteiger partial charge in [-0.3, -0.25) is 0 Å². The van der Waals surface area contributed by atoms with Gasteiger partial charge in [0.15, 0.2) is 0 Å². The first-order valence-corrected chi connectivity index (χ1v) is 19.0. The molecule has 0 atom stereocenters. The fourth-order valence-electron chi connectivity index (χ4n) is 5.01. The van der Waals surface area contributed by atoms with Crippen molar-refractivity contribution in [1.29, 1.82) is 0 Å². The predicted octanol–water partition coefficient (Wildman–Crippen LogP) is 11.2. The van der Waals surface area contributed by atoms with Crippen molar-refractivity contribution in [2.24, 2.45) is 0 Å². The standard InChI is InChI=1S/C35H47F3O5S2/c1-3-5-7-9-11-20-28-41-31-24-16-18-26-33(31)44(30-22-14-13-15-23-30,43-45(39,40)35(36,37)38)34-27-19-17-25-32(34)42-29-21-12-10-8-6-4-2/h13-19,22-27H,3-12,20-21,28-29H2,1-2H3. The van der Waals surface area contributed by atoms with Crippen LogP contribution in [0.2, 0.25) is 0 Å². The Morgan fingerprint density at radius 2 is 0.956 bits per heavy atom. The first-order chi connectivity index (χ1) is 21.7. The van der Waals surface area contributed by atoms with Crippen molar-refractivity contribution in [3.05, 3.63) is 78.9 Å². The molecule has 5 nitrogen and oxygen atoms in total. The molecule has 0 aliphatic rings. The van der Waals surface area contributed by atoms with Crippen LogP contribution in [0.25, 0.3) is 0 Å². The summed E-state index contributed by atoms with van der Waals surface area (Å²) in [5, 5.41) is 0. The number of ether oxygens (including phenoxy) is 2. The Morgan fingerprint density at radius 1 is 0.556 bits per heavy atom. The summed E-state index contributed by atoms with van der Waals surface area (Å²) in [6.45, 7) is 4.96. The molecule has 3 rings (SSSR count). The largest absolute Gasteiger partial charge is 0.524 e. The first-order valence-electron chi connectivity index (χ1n) is 16.0. The summed E-state index contributed by atoms with van der Waals surface area (Å²) in [6, 6.07) is 21.4. The summed E-state index contributed by atoms with van der Waals surface area (Å²) in [5.74, 6) is 0.543. The Balaban J connectivity index is 2.11. The average molecular weight is 669 g/mol. The van der Waals surface area contributed by atoms with Gasteiger partial charge >= 0.3 is 15.6 Å². The van der Waals surface area contributed by atoms with Crippen molar-refractivity contribution in [2.45, 2.75) is 111 Å². The Labute approximate surface area is 269 Å². The molecule has 45 heavy (non-hydrogen) atoms. The van der Waals surface area contributed by atoms with Crippen molar-refractivity contribution in [1.82, 2.24) is 0 Å². The molecular formula is C35H47F3O5S2. The van der Waals surface area contributed by atoms with Crippen molar-refractivity contribution >= 4 is 20.4 Å². The van der Waals surface area contributed by atoms with Crippen LogP contribution in [0.4, 0.5) is 13.2 Å². The van der Waals surface area contributed by atoms with Gasteiger partial charge in [0.25, 0.3) is 0 Å². The van der Waals surface area contributed by atoms with Crippen molar-refractivity contribution in [3.63, 3.8) is 0 Å². The van der Waals surface area contributed by atoms with E-state index >= 15 is 0 Å². The Kier molecular flexibility index (Phi) is 15.1. The SMILES string of the molecule is CCCCCCCCOc1ccccc1S(OS(=O)(=O)C(F)(F)F)(c1ccccc1)c1ccccc1OCCCCCCCC. The third kappa shape index (κ3) is 10.4. The van der Waals surface area contributed by atoms with Gasteiger partial charge in [0, 0.05) is 4.90 Å². The van der Waals surface area contributed by atoms with Crippen LogP contribution in [0.1, 0.15) is 90.9 Å². The van der Waals surface area contributed by atoms with E-state index in [1.165, 1.54) is 0 Å². The van der Waals surface area contributed by atoms with Gasteiger partial charge in [-0.25, -0.2) is 0 Å². The number of rotatable bonds is 21. The molecule has 3 aromatic rings. The number of para-hydroxylation sites is 2. The maximum atomic E-state index is 14.1. The molecule has 0 heterocycles. The lowest BCUT2D eigenvalue weighted by Crippen LogP contribution is -2.28. The van der Waals surface area contributed by atoms with Gasteiger partial charge in [-0.05, 0) is 59.5 Å². The lowest BCUT2D eigenvalue weighted by molar-refractivity contribution is -0.0496. The normalized spacial score (nSPS) is 12.6. The molecule has 0 radical (unpaired) electrons. The highest BCUT2D eigenvalue weighted by atomic mass is 32.3. The van der Waals surface area contributed by atoms with Gasteiger partial charge in [0.1, 0.15) is 11.5 Å². The molecular weight excluding hydrogens is 622 g/mol. The zero-order valence-electron chi connectivity index (χ0n) is 26.4. The van der Waals surface area contributed by atoms with E-state index in [2.05, 4.69) is 13.8 Å². The molecule has 0 aromatic heterocycles. The summed E-state index contributed by atoms with van der Waals surface area (Å²) in [4.78, 5) is 0.695. The van der Waals surface area contributed by atoms with Gasteiger partial charge in [-0.15, -0.1) is 0 Å². The minimum absolute atomic E-state index is 0.214. The van der Waals surface area contributed by atoms with Gasteiger partial charge in [0.2, 0.25) is 0 Å². The molecule has 0 fully saturated rings. The number of unbranched alkanes of at least 4 members (excludes halogenated alkanes) is 10. The molecule has 0 aliphatic carbocycles. The van der Waals surface area contributed by atoms with Gasteiger partial charge in [-0.2, -0.15) is 25.2 Å². The van der Waals surface area contributed by atoms with E-state index in [-0.39, 0.29) is 26.2 Å². The van der Waals surface area contributed by atoms with Crippen LogP contribution >= 0.6 is 10.3 Å². The third-order valence-electron chi connectivity index (χ3n) is 7.38. The monoisotopic (exact) mass is 668 g/mol. The van der Waals surface area contributed by atoms with E-state index < -0.39 is 25.9 Å². The number of alkyl halides is 3. The zero-order valence-corrected chi connectivity index (χ0v) is 28.0. The van der Waals surface area contributed by atoms with E-state index in [1.54, 1.807) is 78.9 Å². The molecule has 0 saturated heterocycles. The summed E-state index contributed by atoms with van der Waals surface area (Å²) in [6.07, 6.45) is 12.4.